The third-order valence-electron chi connectivity index (χ3n) is 5.62. The van der Waals surface area contributed by atoms with E-state index in [0.29, 0.717) is 0 Å². The van der Waals surface area contributed by atoms with E-state index in [2.05, 4.69) is 41.2 Å². The average molecular weight is 392 g/mol. The van der Waals surface area contributed by atoms with E-state index in [-0.39, 0.29) is 0 Å². The second-order valence-corrected chi connectivity index (χ2v) is 7.62. The normalized spacial score (nSPS) is 12.6. The minimum Gasteiger partial charge on any atom is -0.458 e. The van der Waals surface area contributed by atoms with Crippen LogP contribution in [0.2, 0.25) is 0 Å². The molecule has 5 nitrogen and oxygen atoms in total. The molecular formula is C25H20N4O. The third kappa shape index (κ3) is 2.78. The van der Waals surface area contributed by atoms with Crippen molar-refractivity contribution in [3.8, 4) is 28.6 Å². The van der Waals surface area contributed by atoms with Gasteiger partial charge in [-0.3, -0.25) is 0 Å². The standard InChI is InChI=1S/C25H20N4O/c1-27-13-14-28(17-27)19-5-4-6-20(15-19)30-21-10-9-18-11-12-29-24-8-3-2-7-23(24)26-25(29)22(18)16-21/h2-10,13-16H,11-12H2,1H3. The minimum atomic E-state index is 0.793. The molecule has 0 amide bonds. The van der Waals surface area contributed by atoms with Gasteiger partial charge in [-0.25, -0.2) is 4.98 Å². The van der Waals surface area contributed by atoms with Crippen LogP contribution in [0.1, 0.15) is 5.56 Å². The van der Waals surface area contributed by atoms with Gasteiger partial charge in [0.1, 0.15) is 17.3 Å². The molecule has 5 heteroatoms. The number of hydrogen-bond acceptors (Lipinski definition) is 2. The van der Waals surface area contributed by atoms with Crippen LogP contribution in [0.3, 0.4) is 0 Å². The average Bonchev–Trinajstić information content (AvgIpc) is 3.38. The molecule has 0 N–H and O–H groups in total. The molecule has 0 saturated carbocycles. The monoisotopic (exact) mass is 392 g/mol. The van der Waals surface area contributed by atoms with E-state index in [0.717, 1.165) is 47.1 Å². The molecule has 0 fully saturated rings. The van der Waals surface area contributed by atoms with Crippen LogP contribution < -0.4 is 9.30 Å². The van der Waals surface area contributed by atoms with Crippen molar-refractivity contribution < 1.29 is 9.30 Å². The van der Waals surface area contributed by atoms with Crippen molar-refractivity contribution in [3.05, 3.63) is 91.0 Å². The van der Waals surface area contributed by atoms with Gasteiger partial charge in [0.05, 0.1) is 23.8 Å². The van der Waals surface area contributed by atoms with Crippen molar-refractivity contribution in [1.29, 1.82) is 0 Å². The molecule has 0 radical (unpaired) electrons. The number of fused-ring (bicyclic) bond motifs is 5. The van der Waals surface area contributed by atoms with Crippen LogP contribution in [-0.4, -0.2) is 14.1 Å². The van der Waals surface area contributed by atoms with Crippen LogP contribution in [-0.2, 0) is 20.0 Å². The molecule has 1 aliphatic heterocycles. The van der Waals surface area contributed by atoms with Gasteiger partial charge in [0, 0.05) is 24.5 Å². The van der Waals surface area contributed by atoms with Crippen LogP contribution >= 0.6 is 0 Å². The number of aryl methyl sites for hydroxylation is 3. The van der Waals surface area contributed by atoms with Gasteiger partial charge in [-0.2, -0.15) is 0 Å². The third-order valence-corrected chi connectivity index (χ3v) is 5.62. The number of aromatic nitrogens is 4. The number of imidazole rings is 2. The molecule has 30 heavy (non-hydrogen) atoms. The van der Waals surface area contributed by atoms with Gasteiger partial charge in [0.2, 0.25) is 6.33 Å². The highest BCUT2D eigenvalue weighted by Crippen LogP contribution is 2.35. The second-order valence-electron chi connectivity index (χ2n) is 7.62. The molecule has 146 valence electrons. The van der Waals surface area contributed by atoms with Gasteiger partial charge in [0.25, 0.3) is 0 Å². The Kier molecular flexibility index (Phi) is 3.74. The fourth-order valence-corrected chi connectivity index (χ4v) is 4.16. The molecular weight excluding hydrogens is 372 g/mol. The molecule has 0 unspecified atom stereocenters. The summed E-state index contributed by atoms with van der Waals surface area (Å²) in [7, 11) is 1.96. The predicted molar refractivity (Wildman–Crippen MR) is 115 cm³/mol. The summed E-state index contributed by atoms with van der Waals surface area (Å²) >= 11 is 0. The first kappa shape index (κ1) is 17.0. The van der Waals surface area contributed by atoms with Gasteiger partial charge in [-0.1, -0.05) is 30.3 Å². The van der Waals surface area contributed by atoms with E-state index in [1.165, 1.54) is 11.1 Å². The van der Waals surface area contributed by atoms with Crippen molar-refractivity contribution in [2.75, 3.05) is 0 Å². The predicted octanol–water partition coefficient (Wildman–Crippen LogP) is 4.47. The van der Waals surface area contributed by atoms with E-state index in [9.17, 15) is 0 Å². The largest absolute Gasteiger partial charge is 0.458 e. The Morgan fingerprint density at radius 3 is 2.80 bits per heavy atom. The van der Waals surface area contributed by atoms with Crippen molar-refractivity contribution in [2.45, 2.75) is 13.0 Å². The summed E-state index contributed by atoms with van der Waals surface area (Å²) < 4.78 is 12.4. The van der Waals surface area contributed by atoms with Crippen LogP contribution in [0.5, 0.6) is 11.5 Å². The van der Waals surface area contributed by atoms with E-state index in [4.69, 9.17) is 9.72 Å². The summed E-state index contributed by atoms with van der Waals surface area (Å²) in [5.41, 5.74) is 5.70. The van der Waals surface area contributed by atoms with E-state index in [1.54, 1.807) is 0 Å². The fraction of sp³-hybridized carbons (Fsp3) is 0.120. The summed E-state index contributed by atoms with van der Waals surface area (Å²) in [4.78, 5) is 4.90. The maximum Gasteiger partial charge on any atom is 0.243 e. The lowest BCUT2D eigenvalue weighted by Crippen LogP contribution is -2.24. The highest BCUT2D eigenvalue weighted by molar-refractivity contribution is 5.82. The molecule has 0 saturated heterocycles. The zero-order chi connectivity index (χ0) is 20.1. The summed E-state index contributed by atoms with van der Waals surface area (Å²) in [5, 5.41) is 0. The van der Waals surface area contributed by atoms with Gasteiger partial charge < -0.3 is 18.4 Å². The molecule has 0 bridgehead atoms. The SMILES string of the molecule is C[n+]1[c-]n(-c2cccc(Oc3ccc4c(c3)-c3nc5ccccc5n3CC4)c2)cc1. The molecule has 5 aromatic rings. The molecule has 0 atom stereocenters. The smallest absolute Gasteiger partial charge is 0.243 e. The molecule has 3 heterocycles. The van der Waals surface area contributed by atoms with Gasteiger partial charge >= 0.3 is 0 Å². The highest BCUT2D eigenvalue weighted by atomic mass is 16.5. The Balaban J connectivity index is 1.37. The number of rotatable bonds is 3. The molecule has 1 aliphatic rings. The lowest BCUT2D eigenvalue weighted by atomic mass is 10.0. The molecule has 2 aromatic heterocycles. The Bertz CT molecular complexity index is 1400. The van der Waals surface area contributed by atoms with E-state index in [1.807, 2.05) is 65.0 Å². The number of ether oxygens (including phenoxy) is 1. The maximum atomic E-state index is 6.23. The summed E-state index contributed by atoms with van der Waals surface area (Å²) in [5.74, 6) is 2.63. The van der Waals surface area contributed by atoms with Crippen LogP contribution in [0.15, 0.2) is 79.1 Å². The molecule has 3 aromatic carbocycles. The number of para-hydroxylation sites is 2. The number of benzene rings is 3. The summed E-state index contributed by atoms with van der Waals surface area (Å²) in [6, 6.07) is 22.7. The van der Waals surface area contributed by atoms with Crippen LogP contribution in [0.4, 0.5) is 0 Å². The topological polar surface area (TPSA) is 35.9 Å². The molecule has 6 rings (SSSR count). The Morgan fingerprint density at radius 2 is 1.90 bits per heavy atom. The lowest BCUT2D eigenvalue weighted by molar-refractivity contribution is -0.674. The second kappa shape index (κ2) is 6.59. The van der Waals surface area contributed by atoms with Gasteiger partial charge in [-0.05, 0) is 48.4 Å². The highest BCUT2D eigenvalue weighted by Gasteiger charge is 2.20. The quantitative estimate of drug-likeness (QED) is 0.336. The lowest BCUT2D eigenvalue weighted by Gasteiger charge is -2.19. The van der Waals surface area contributed by atoms with Gasteiger partial charge in [0.15, 0.2) is 0 Å². The Hall–Kier alpha value is -3.86. The van der Waals surface area contributed by atoms with Crippen molar-refractivity contribution in [3.63, 3.8) is 0 Å². The number of nitrogens with zero attached hydrogens (tertiary/aromatic N) is 4. The number of hydrogen-bond donors (Lipinski definition) is 0. The Morgan fingerprint density at radius 1 is 1.00 bits per heavy atom. The van der Waals surface area contributed by atoms with Crippen LogP contribution in [0, 0.1) is 6.33 Å². The molecule has 0 aliphatic carbocycles. The maximum absolute atomic E-state index is 6.23. The first-order valence-corrected chi connectivity index (χ1v) is 10.1. The van der Waals surface area contributed by atoms with Crippen molar-refractivity contribution in [1.82, 2.24) is 14.1 Å². The summed E-state index contributed by atoms with van der Waals surface area (Å²) in [6.07, 6.45) is 8.15. The van der Waals surface area contributed by atoms with Gasteiger partial charge in [-0.15, -0.1) is 0 Å². The van der Waals surface area contributed by atoms with Crippen molar-refractivity contribution >= 4 is 11.0 Å². The first-order valence-electron chi connectivity index (χ1n) is 10.1. The van der Waals surface area contributed by atoms with E-state index < -0.39 is 0 Å². The fourth-order valence-electron chi connectivity index (χ4n) is 4.16. The van der Waals surface area contributed by atoms with Crippen molar-refractivity contribution in [2.24, 2.45) is 7.05 Å². The van der Waals surface area contributed by atoms with E-state index >= 15 is 0 Å². The first-order chi connectivity index (χ1) is 14.7. The molecule has 0 spiro atoms. The zero-order valence-corrected chi connectivity index (χ0v) is 16.6. The minimum absolute atomic E-state index is 0.793. The Labute approximate surface area is 174 Å². The summed E-state index contributed by atoms with van der Waals surface area (Å²) in [6.45, 7) is 0.954. The zero-order valence-electron chi connectivity index (χ0n) is 16.6. The van der Waals surface area contributed by atoms with Crippen LogP contribution in [0.25, 0.3) is 28.1 Å².